The summed E-state index contributed by atoms with van der Waals surface area (Å²) in [5.74, 6) is 1.62. The second-order valence-electron chi connectivity index (χ2n) is 9.52. The van der Waals surface area contributed by atoms with E-state index in [1.807, 2.05) is 38.1 Å². The van der Waals surface area contributed by atoms with Gasteiger partial charge in [0.25, 0.3) is 5.89 Å². The molecule has 5 rings (SSSR count). The Balaban J connectivity index is 1.26. The van der Waals surface area contributed by atoms with Crippen molar-refractivity contribution in [2.75, 3.05) is 32.8 Å². The maximum atomic E-state index is 12.5. The minimum Gasteiger partial charge on any atom is -0.502 e. The van der Waals surface area contributed by atoms with Crippen LogP contribution in [0.1, 0.15) is 37.8 Å². The molecule has 9 heteroatoms. The van der Waals surface area contributed by atoms with Crippen LogP contribution in [0, 0.1) is 6.57 Å². The molecule has 196 valence electrons. The van der Waals surface area contributed by atoms with Crippen molar-refractivity contribution in [3.8, 4) is 28.6 Å². The van der Waals surface area contributed by atoms with E-state index in [0.29, 0.717) is 47.3 Å². The molecule has 2 aromatic carbocycles. The van der Waals surface area contributed by atoms with Crippen LogP contribution in [-0.4, -0.2) is 60.0 Å². The van der Waals surface area contributed by atoms with Crippen molar-refractivity contribution in [2.24, 2.45) is 0 Å². The Hall–Kier alpha value is -4.00. The van der Waals surface area contributed by atoms with Gasteiger partial charge >= 0.3 is 5.97 Å². The number of hydrogen-bond donors (Lipinski definition) is 0. The average Bonchev–Trinajstić information content (AvgIpc) is 3.57. The molecule has 0 saturated carbocycles. The highest BCUT2D eigenvalue weighted by Crippen LogP contribution is 2.37. The van der Waals surface area contributed by atoms with E-state index in [9.17, 15) is 4.79 Å². The minimum absolute atomic E-state index is 0.0376. The Morgan fingerprint density at radius 1 is 1.18 bits per heavy atom. The summed E-state index contributed by atoms with van der Waals surface area (Å²) < 4.78 is 22.4. The first-order valence-corrected chi connectivity index (χ1v) is 12.9. The normalized spacial score (nSPS) is 15.2. The van der Waals surface area contributed by atoms with Crippen LogP contribution in [0.15, 0.2) is 47.0 Å². The molecule has 1 aliphatic carbocycles. The molecule has 1 fully saturated rings. The van der Waals surface area contributed by atoms with Gasteiger partial charge in [-0.25, -0.2) is 4.85 Å². The van der Waals surface area contributed by atoms with E-state index in [1.54, 1.807) is 18.2 Å². The minimum atomic E-state index is -0.231. The van der Waals surface area contributed by atoms with Gasteiger partial charge in [-0.15, -0.1) is 0 Å². The number of carbonyl (C=O) groups is 1. The zero-order valence-electron chi connectivity index (χ0n) is 21.6. The fourth-order valence-electron chi connectivity index (χ4n) is 4.64. The summed E-state index contributed by atoms with van der Waals surface area (Å²) in [6.45, 7) is 15.5. The van der Waals surface area contributed by atoms with Gasteiger partial charge < -0.3 is 18.7 Å². The third-order valence-electron chi connectivity index (χ3n) is 6.47. The SMILES string of the molecule is [C-]#[N+]c1cc(-c2nc(-c3cccc4c3CC=C4OC(=O)CCCN3CCOCC3)no2)ccc1OC(C)C. The third kappa shape index (κ3) is 5.77. The van der Waals surface area contributed by atoms with Crippen LogP contribution in [0.3, 0.4) is 0 Å². The Morgan fingerprint density at radius 2 is 2.00 bits per heavy atom. The number of benzene rings is 2. The number of fused-ring (bicyclic) bond motifs is 1. The molecule has 0 N–H and O–H groups in total. The topological polar surface area (TPSA) is 91.3 Å². The molecule has 0 atom stereocenters. The van der Waals surface area contributed by atoms with Crippen molar-refractivity contribution < 1.29 is 23.5 Å². The Bertz CT molecular complexity index is 1380. The quantitative estimate of drug-likeness (QED) is 0.281. The van der Waals surface area contributed by atoms with Gasteiger partial charge in [-0.05, 0) is 63.1 Å². The lowest BCUT2D eigenvalue weighted by atomic mass is 10.0. The number of carbonyl (C=O) groups excluding carboxylic acids is 1. The smallest absolute Gasteiger partial charge is 0.311 e. The van der Waals surface area contributed by atoms with Crippen LogP contribution in [0.5, 0.6) is 5.75 Å². The Morgan fingerprint density at radius 3 is 2.79 bits per heavy atom. The van der Waals surface area contributed by atoms with Gasteiger partial charge in [0.15, 0.2) is 0 Å². The lowest BCUT2D eigenvalue weighted by molar-refractivity contribution is -0.136. The van der Waals surface area contributed by atoms with E-state index in [2.05, 4.69) is 19.9 Å². The van der Waals surface area contributed by atoms with Crippen LogP contribution >= 0.6 is 0 Å². The van der Waals surface area contributed by atoms with Crippen LogP contribution in [0.2, 0.25) is 0 Å². The van der Waals surface area contributed by atoms with Gasteiger partial charge in [-0.3, -0.25) is 9.69 Å². The number of ether oxygens (including phenoxy) is 3. The zero-order valence-corrected chi connectivity index (χ0v) is 21.6. The molecule has 3 aromatic rings. The highest BCUT2D eigenvalue weighted by atomic mass is 16.5. The van der Waals surface area contributed by atoms with Gasteiger partial charge in [0, 0.05) is 36.2 Å². The van der Waals surface area contributed by atoms with Crippen LogP contribution < -0.4 is 4.74 Å². The molecular formula is C29H30N4O5. The monoisotopic (exact) mass is 514 g/mol. The third-order valence-corrected chi connectivity index (χ3v) is 6.47. The van der Waals surface area contributed by atoms with Crippen LogP contribution in [0.25, 0.3) is 33.4 Å². The standard InChI is InChI=1S/C29H30N4O5/c1-19(2)36-26-11-9-20(18-24(26)30-3)29-31-28(32-38-29)23-7-4-6-22-21(23)10-12-25(22)37-27(34)8-5-13-33-14-16-35-17-15-33/h4,6-7,9,11-12,18-19H,5,8,10,13-17H2,1-2H3. The van der Waals surface area contributed by atoms with Crippen molar-refractivity contribution in [1.29, 1.82) is 0 Å². The summed E-state index contributed by atoms with van der Waals surface area (Å²) in [6.07, 6.45) is 3.61. The largest absolute Gasteiger partial charge is 0.502 e. The Labute approximate surface area is 221 Å². The molecule has 0 unspecified atom stereocenters. The molecule has 1 saturated heterocycles. The number of allylic oxidation sites excluding steroid dienone is 1. The summed E-state index contributed by atoms with van der Waals surface area (Å²) in [7, 11) is 0. The van der Waals surface area contributed by atoms with Crippen molar-refractivity contribution in [3.63, 3.8) is 0 Å². The van der Waals surface area contributed by atoms with E-state index < -0.39 is 0 Å². The number of hydrogen-bond acceptors (Lipinski definition) is 8. The molecule has 0 spiro atoms. The highest BCUT2D eigenvalue weighted by molar-refractivity contribution is 5.83. The molecule has 9 nitrogen and oxygen atoms in total. The van der Waals surface area contributed by atoms with E-state index in [1.165, 1.54) is 0 Å². The average molecular weight is 515 g/mol. The molecule has 38 heavy (non-hydrogen) atoms. The molecule has 0 amide bonds. The second-order valence-corrected chi connectivity index (χ2v) is 9.52. The molecule has 2 aliphatic rings. The van der Waals surface area contributed by atoms with Crippen molar-refractivity contribution in [1.82, 2.24) is 15.0 Å². The first-order valence-electron chi connectivity index (χ1n) is 12.9. The molecule has 2 heterocycles. The maximum Gasteiger partial charge on any atom is 0.311 e. The summed E-state index contributed by atoms with van der Waals surface area (Å²) in [4.78, 5) is 23.0. The zero-order chi connectivity index (χ0) is 26.5. The lowest BCUT2D eigenvalue weighted by Crippen LogP contribution is -2.37. The summed E-state index contributed by atoms with van der Waals surface area (Å²) in [5.41, 5.74) is 3.69. The number of rotatable bonds is 9. The summed E-state index contributed by atoms with van der Waals surface area (Å²) >= 11 is 0. The van der Waals surface area contributed by atoms with Gasteiger partial charge in [-0.1, -0.05) is 23.4 Å². The van der Waals surface area contributed by atoms with Gasteiger partial charge in [-0.2, -0.15) is 4.98 Å². The molecule has 0 bridgehead atoms. The molecular weight excluding hydrogens is 484 g/mol. The van der Waals surface area contributed by atoms with E-state index >= 15 is 0 Å². The summed E-state index contributed by atoms with van der Waals surface area (Å²) in [5, 5.41) is 4.20. The number of nitrogens with zero attached hydrogens (tertiary/aromatic N) is 4. The predicted molar refractivity (Wildman–Crippen MR) is 141 cm³/mol. The van der Waals surface area contributed by atoms with E-state index in [-0.39, 0.29) is 12.1 Å². The second kappa shape index (κ2) is 11.6. The lowest BCUT2D eigenvalue weighted by Gasteiger charge is -2.26. The van der Waals surface area contributed by atoms with Gasteiger partial charge in [0.1, 0.15) is 11.5 Å². The fourth-order valence-corrected chi connectivity index (χ4v) is 4.64. The predicted octanol–water partition coefficient (Wildman–Crippen LogP) is 5.29. The van der Waals surface area contributed by atoms with Gasteiger partial charge in [0.2, 0.25) is 11.5 Å². The molecule has 1 aromatic heterocycles. The first kappa shape index (κ1) is 25.6. The van der Waals surface area contributed by atoms with Crippen LogP contribution in [0.4, 0.5) is 5.69 Å². The van der Waals surface area contributed by atoms with E-state index in [4.69, 9.17) is 25.3 Å². The van der Waals surface area contributed by atoms with Gasteiger partial charge in [0.05, 0.1) is 25.9 Å². The number of esters is 1. The van der Waals surface area contributed by atoms with Crippen molar-refractivity contribution in [2.45, 2.75) is 39.2 Å². The Kier molecular flexibility index (Phi) is 7.82. The maximum absolute atomic E-state index is 12.5. The summed E-state index contributed by atoms with van der Waals surface area (Å²) in [6, 6.07) is 11.0. The molecule has 0 radical (unpaired) electrons. The first-order chi connectivity index (χ1) is 18.5. The van der Waals surface area contributed by atoms with Crippen molar-refractivity contribution in [3.05, 3.63) is 65.0 Å². The van der Waals surface area contributed by atoms with Crippen LogP contribution in [-0.2, 0) is 20.7 Å². The number of aromatic nitrogens is 2. The van der Waals surface area contributed by atoms with E-state index in [0.717, 1.165) is 56.0 Å². The molecule has 1 aliphatic heterocycles. The highest BCUT2D eigenvalue weighted by Gasteiger charge is 2.24. The van der Waals surface area contributed by atoms with Crippen molar-refractivity contribution >= 4 is 17.4 Å². The fraction of sp³-hybridized carbons (Fsp3) is 0.379. The number of morpholine rings is 1.